The predicted octanol–water partition coefficient (Wildman–Crippen LogP) is 4.14. The first-order valence-electron chi connectivity index (χ1n) is 6.97. The lowest BCUT2D eigenvalue weighted by Gasteiger charge is -2.08. The van der Waals surface area contributed by atoms with E-state index >= 15 is 0 Å². The number of nitrogens with one attached hydrogen (secondary N) is 1. The van der Waals surface area contributed by atoms with E-state index in [9.17, 15) is 9.59 Å². The smallest absolute Gasteiger partial charge is 0.313 e. The van der Waals surface area contributed by atoms with Gasteiger partial charge in [0, 0.05) is 17.1 Å². The van der Waals surface area contributed by atoms with E-state index in [1.54, 1.807) is 30.3 Å². The number of benzene rings is 2. The number of hydrogen-bond donors (Lipinski definition) is 1. The van der Waals surface area contributed by atoms with Crippen molar-refractivity contribution in [2.24, 2.45) is 0 Å². The maximum Gasteiger partial charge on any atom is 0.313 e. The number of rotatable bonds is 5. The van der Waals surface area contributed by atoms with Crippen LogP contribution in [0.15, 0.2) is 46.9 Å². The van der Waals surface area contributed by atoms with Gasteiger partial charge in [-0.05, 0) is 52.7 Å². The maximum atomic E-state index is 12.0. The first kappa shape index (κ1) is 17.5. The second-order valence-electron chi connectivity index (χ2n) is 4.87. The third-order valence-electron chi connectivity index (χ3n) is 3.12. The lowest BCUT2D eigenvalue weighted by Crippen LogP contribution is -2.27. The summed E-state index contributed by atoms with van der Waals surface area (Å²) in [6, 6.07) is 12.2. The molecule has 2 aromatic carbocycles. The normalized spacial score (nSPS) is 10.2. The molecule has 2 rings (SSSR count). The lowest BCUT2D eigenvalue weighted by atomic mass is 10.1. The van der Waals surface area contributed by atoms with Gasteiger partial charge in [0.1, 0.15) is 5.75 Å². The van der Waals surface area contributed by atoms with Crippen molar-refractivity contribution in [2.75, 3.05) is 6.54 Å². The molecule has 0 aliphatic rings. The van der Waals surface area contributed by atoms with E-state index in [1.807, 2.05) is 19.1 Å². The summed E-state index contributed by atoms with van der Waals surface area (Å²) < 4.78 is 5.82. The lowest BCUT2D eigenvalue weighted by molar-refractivity contribution is -0.134. The van der Waals surface area contributed by atoms with E-state index < -0.39 is 5.97 Å². The quantitative estimate of drug-likeness (QED) is 0.610. The van der Waals surface area contributed by atoms with Gasteiger partial charge in [-0.1, -0.05) is 29.8 Å². The van der Waals surface area contributed by atoms with Gasteiger partial charge in [0.05, 0.1) is 10.9 Å². The van der Waals surface area contributed by atoms with E-state index in [4.69, 9.17) is 16.3 Å². The number of aryl methyl sites for hydroxylation is 1. The third kappa shape index (κ3) is 5.08. The number of halogens is 2. The van der Waals surface area contributed by atoms with Crippen LogP contribution < -0.4 is 10.1 Å². The predicted molar refractivity (Wildman–Crippen MR) is 92.9 cm³/mol. The van der Waals surface area contributed by atoms with Crippen LogP contribution in [0.3, 0.4) is 0 Å². The summed E-state index contributed by atoms with van der Waals surface area (Å²) in [6.07, 6.45) is 0.0761. The number of amides is 1. The Hall–Kier alpha value is -1.85. The average Bonchev–Trinajstić information content (AvgIpc) is 2.50. The molecule has 0 fully saturated rings. The van der Waals surface area contributed by atoms with Crippen molar-refractivity contribution in [3.63, 3.8) is 0 Å². The molecule has 0 radical (unpaired) electrons. The fourth-order valence-electron chi connectivity index (χ4n) is 1.93. The number of carbonyl (C=O) groups excluding carboxylic acids is 2. The monoisotopic (exact) mass is 395 g/mol. The summed E-state index contributed by atoms with van der Waals surface area (Å²) in [5.41, 5.74) is 1.49. The minimum absolute atomic E-state index is 0.0761. The second-order valence-corrected chi connectivity index (χ2v) is 6.16. The number of carbonyl (C=O) groups is 2. The highest BCUT2D eigenvalue weighted by Crippen LogP contribution is 2.28. The van der Waals surface area contributed by atoms with Crippen molar-refractivity contribution in [3.05, 3.63) is 63.1 Å². The molecule has 0 spiro atoms. The highest BCUT2D eigenvalue weighted by atomic mass is 79.9. The van der Waals surface area contributed by atoms with Gasteiger partial charge in [0.15, 0.2) is 0 Å². The molecule has 0 bridgehead atoms. The highest BCUT2D eigenvalue weighted by molar-refractivity contribution is 9.10. The molecule has 23 heavy (non-hydrogen) atoms. The summed E-state index contributed by atoms with van der Waals surface area (Å²) in [4.78, 5) is 23.8. The maximum absolute atomic E-state index is 12.0. The number of ether oxygens (including phenoxy) is 1. The van der Waals surface area contributed by atoms with Gasteiger partial charge < -0.3 is 10.1 Å². The Morgan fingerprint density at radius 3 is 2.65 bits per heavy atom. The molecule has 0 saturated carbocycles. The summed E-state index contributed by atoms with van der Waals surface area (Å²) >= 11 is 9.10. The van der Waals surface area contributed by atoms with Gasteiger partial charge in [-0.15, -0.1) is 0 Å². The van der Waals surface area contributed by atoms with Crippen LogP contribution in [0.2, 0.25) is 5.02 Å². The Morgan fingerprint density at radius 2 is 1.96 bits per heavy atom. The summed E-state index contributed by atoms with van der Waals surface area (Å²) in [6.45, 7) is 2.07. The fraction of sp³-hybridized carbons (Fsp3) is 0.176. The molecule has 4 nitrogen and oxygen atoms in total. The van der Waals surface area contributed by atoms with Crippen molar-refractivity contribution in [2.45, 2.75) is 13.3 Å². The Bertz CT molecular complexity index is 734. The van der Waals surface area contributed by atoms with E-state index in [2.05, 4.69) is 21.2 Å². The van der Waals surface area contributed by atoms with Crippen molar-refractivity contribution in [1.82, 2.24) is 5.32 Å². The molecule has 120 valence electrons. The van der Waals surface area contributed by atoms with Crippen LogP contribution in [0.5, 0.6) is 5.75 Å². The van der Waals surface area contributed by atoms with Crippen molar-refractivity contribution in [3.8, 4) is 5.75 Å². The highest BCUT2D eigenvalue weighted by Gasteiger charge is 2.11. The molecule has 0 atom stereocenters. The Morgan fingerprint density at radius 1 is 1.22 bits per heavy atom. The molecule has 0 aliphatic heterocycles. The van der Waals surface area contributed by atoms with E-state index in [1.165, 1.54) is 0 Å². The summed E-state index contributed by atoms with van der Waals surface area (Å²) in [5, 5.41) is 3.25. The van der Waals surface area contributed by atoms with Gasteiger partial charge in [-0.2, -0.15) is 0 Å². The Kier molecular flexibility index (Phi) is 6.19. The van der Waals surface area contributed by atoms with Crippen LogP contribution in [0.25, 0.3) is 0 Å². The van der Waals surface area contributed by atoms with Gasteiger partial charge in [0.2, 0.25) is 0 Å². The zero-order valence-corrected chi connectivity index (χ0v) is 14.8. The number of hydrogen-bond acceptors (Lipinski definition) is 3. The van der Waals surface area contributed by atoms with Crippen molar-refractivity contribution in [1.29, 1.82) is 0 Å². The average molecular weight is 397 g/mol. The van der Waals surface area contributed by atoms with Crippen LogP contribution in [-0.4, -0.2) is 18.4 Å². The zero-order chi connectivity index (χ0) is 16.8. The number of esters is 1. The molecule has 0 saturated heterocycles. The van der Waals surface area contributed by atoms with Gasteiger partial charge >= 0.3 is 5.97 Å². The molecule has 0 heterocycles. The standard InChI is InChI=1S/C17H15BrClNO3/c1-11-4-2-3-5-13(11)17(22)20-9-8-16(21)23-15-7-6-12(19)10-14(15)18/h2-7,10H,8-9H2,1H3,(H,20,22). The Balaban J connectivity index is 1.83. The van der Waals surface area contributed by atoms with Crippen LogP contribution in [0, 0.1) is 6.92 Å². The first-order valence-corrected chi connectivity index (χ1v) is 8.14. The molecular weight excluding hydrogens is 382 g/mol. The summed E-state index contributed by atoms with van der Waals surface area (Å²) in [7, 11) is 0. The molecule has 6 heteroatoms. The second kappa shape index (κ2) is 8.13. The van der Waals surface area contributed by atoms with Gasteiger partial charge in [-0.3, -0.25) is 9.59 Å². The molecular formula is C17H15BrClNO3. The van der Waals surface area contributed by atoms with E-state index in [0.717, 1.165) is 5.56 Å². The van der Waals surface area contributed by atoms with Crippen LogP contribution in [0.1, 0.15) is 22.3 Å². The Labute approximate surface area is 147 Å². The topological polar surface area (TPSA) is 55.4 Å². The van der Waals surface area contributed by atoms with Crippen LogP contribution >= 0.6 is 27.5 Å². The molecule has 2 aromatic rings. The largest absolute Gasteiger partial charge is 0.425 e. The molecule has 0 aliphatic carbocycles. The minimum Gasteiger partial charge on any atom is -0.425 e. The fourth-order valence-corrected chi connectivity index (χ4v) is 2.70. The van der Waals surface area contributed by atoms with Gasteiger partial charge in [0.25, 0.3) is 5.91 Å². The van der Waals surface area contributed by atoms with Crippen molar-refractivity contribution >= 4 is 39.4 Å². The van der Waals surface area contributed by atoms with E-state index in [-0.39, 0.29) is 18.9 Å². The summed E-state index contributed by atoms with van der Waals surface area (Å²) in [5.74, 6) is -0.244. The van der Waals surface area contributed by atoms with Crippen LogP contribution in [0.4, 0.5) is 0 Å². The molecule has 0 aromatic heterocycles. The molecule has 1 N–H and O–H groups in total. The minimum atomic E-state index is -0.432. The SMILES string of the molecule is Cc1ccccc1C(=O)NCCC(=O)Oc1ccc(Cl)cc1Br. The van der Waals surface area contributed by atoms with E-state index in [0.29, 0.717) is 20.8 Å². The van der Waals surface area contributed by atoms with Crippen LogP contribution in [-0.2, 0) is 4.79 Å². The molecule has 1 amide bonds. The third-order valence-corrected chi connectivity index (χ3v) is 3.98. The first-order chi connectivity index (χ1) is 11.0. The van der Waals surface area contributed by atoms with Crippen molar-refractivity contribution < 1.29 is 14.3 Å². The van der Waals surface area contributed by atoms with Gasteiger partial charge in [-0.25, -0.2) is 0 Å². The zero-order valence-electron chi connectivity index (χ0n) is 12.4. The molecule has 0 unspecified atom stereocenters.